The highest BCUT2D eigenvalue weighted by molar-refractivity contribution is 8.08. The zero-order valence-electron chi connectivity index (χ0n) is 25.2. The summed E-state index contributed by atoms with van der Waals surface area (Å²) in [5, 5.41) is 0. The number of benzene rings is 2. The van der Waals surface area contributed by atoms with Crippen LogP contribution in [0.5, 0.6) is 0 Å². The Morgan fingerprint density at radius 1 is 0.500 bits per heavy atom. The third-order valence-corrected chi connectivity index (χ3v) is 10.5. The molecule has 2 nitrogen and oxygen atoms in total. The molecule has 0 N–H and O–H groups in total. The Morgan fingerprint density at radius 2 is 0.750 bits per heavy atom. The lowest BCUT2D eigenvalue weighted by Gasteiger charge is -2.19. The van der Waals surface area contributed by atoms with E-state index in [4.69, 9.17) is 0 Å². The Balaban J connectivity index is 2.05. The maximum absolute atomic E-state index is 2.41. The van der Waals surface area contributed by atoms with E-state index in [1.54, 1.807) is 0 Å². The molecule has 0 radical (unpaired) electrons. The van der Waals surface area contributed by atoms with Gasteiger partial charge in [0.25, 0.3) is 0 Å². The summed E-state index contributed by atoms with van der Waals surface area (Å²) in [6.45, 7) is 27.1. The fraction of sp³-hybridized carbons (Fsp3) is 0.455. The van der Waals surface area contributed by atoms with Crippen LogP contribution in [0.3, 0.4) is 0 Å². The van der Waals surface area contributed by atoms with Crippen LogP contribution >= 0.6 is 11.8 Å². The number of allylic oxidation sites excluding steroid dienone is 4. The van der Waals surface area contributed by atoms with E-state index in [1.807, 2.05) is 11.8 Å². The molecule has 1 aliphatic heterocycles. The van der Waals surface area contributed by atoms with Crippen molar-refractivity contribution in [2.75, 3.05) is 14.1 Å². The first kappa shape index (κ1) is 28.2. The summed E-state index contributed by atoms with van der Waals surface area (Å²) in [6.07, 6.45) is 5.72. The van der Waals surface area contributed by atoms with Gasteiger partial charge in [0.2, 0.25) is 11.4 Å². The molecule has 0 aromatic heterocycles. The first-order chi connectivity index (χ1) is 16.7. The van der Waals surface area contributed by atoms with Gasteiger partial charge < -0.3 is 0 Å². The normalized spacial score (nSPS) is 15.4. The van der Waals surface area contributed by atoms with Crippen molar-refractivity contribution in [3.63, 3.8) is 0 Å². The SMILES string of the molecule is CC(C1=CCC=C(C(C)=[N+](C)c2c(C)c(C)c(C)c(C)c2C)S1)=[N+](C)c1c(C)c(C)c(C)c(C)c1C. The number of hydrogen-bond donors (Lipinski definition) is 0. The predicted molar refractivity (Wildman–Crippen MR) is 162 cm³/mol. The summed E-state index contributed by atoms with van der Waals surface area (Å²) < 4.78 is 4.82. The smallest absolute Gasteiger partial charge is 0.198 e. The maximum Gasteiger partial charge on any atom is 0.211 e. The number of rotatable bonds is 4. The second-order valence-electron chi connectivity index (χ2n) is 10.7. The van der Waals surface area contributed by atoms with Crippen molar-refractivity contribution < 1.29 is 9.15 Å². The monoisotopic (exact) mass is 502 g/mol. The summed E-state index contributed by atoms with van der Waals surface area (Å²) in [5.74, 6) is 0. The van der Waals surface area contributed by atoms with Gasteiger partial charge in [-0.25, -0.2) is 0 Å². The molecule has 3 heteroatoms. The third-order valence-electron chi connectivity index (χ3n) is 9.14. The summed E-state index contributed by atoms with van der Waals surface area (Å²) in [5.41, 5.74) is 19.3. The van der Waals surface area contributed by atoms with E-state index >= 15 is 0 Å². The van der Waals surface area contributed by atoms with Gasteiger partial charge in [-0.1, -0.05) is 23.9 Å². The largest absolute Gasteiger partial charge is 0.211 e. The zero-order valence-corrected chi connectivity index (χ0v) is 26.0. The van der Waals surface area contributed by atoms with Crippen LogP contribution in [0, 0.1) is 69.2 Å². The van der Waals surface area contributed by atoms with Crippen molar-refractivity contribution >= 4 is 34.6 Å². The fourth-order valence-corrected chi connectivity index (χ4v) is 6.72. The second kappa shape index (κ2) is 10.5. The quantitative estimate of drug-likeness (QED) is 0.299. The molecule has 0 fully saturated rings. The molecule has 1 heterocycles. The molecule has 0 unspecified atom stereocenters. The topological polar surface area (TPSA) is 6.02 Å². The molecule has 0 aliphatic carbocycles. The minimum atomic E-state index is 0.960. The van der Waals surface area contributed by atoms with E-state index in [0.717, 1.165) is 6.42 Å². The maximum atomic E-state index is 2.41. The van der Waals surface area contributed by atoms with Crippen LogP contribution in [0.4, 0.5) is 11.4 Å². The Morgan fingerprint density at radius 3 is 1.03 bits per heavy atom. The summed E-state index contributed by atoms with van der Waals surface area (Å²) in [4.78, 5) is 2.70. The lowest BCUT2D eigenvalue weighted by Crippen LogP contribution is -2.18. The summed E-state index contributed by atoms with van der Waals surface area (Å²) in [7, 11) is 4.46. The standard InChI is InChI=1S/C33H46N2S/c1-18-20(3)24(7)32(25(8)21(18)4)34(13)28(11)30-16-15-17-31(36-30)29(12)35(14)33-26(9)22(5)19(2)23(6)27(33)10/h16-17H,15H2,1-14H3/q+2. The minimum Gasteiger partial charge on any atom is -0.198 e. The number of nitrogens with zero attached hydrogens (tertiary/aromatic N) is 2. The van der Waals surface area contributed by atoms with Crippen molar-refractivity contribution in [3.8, 4) is 0 Å². The third kappa shape index (κ3) is 4.67. The number of hydrogen-bond acceptors (Lipinski definition) is 1. The Kier molecular flexibility index (Phi) is 8.25. The highest BCUT2D eigenvalue weighted by atomic mass is 32.2. The van der Waals surface area contributed by atoms with E-state index in [9.17, 15) is 0 Å². The van der Waals surface area contributed by atoms with Gasteiger partial charge in [-0.2, -0.15) is 9.15 Å². The zero-order chi connectivity index (χ0) is 27.2. The number of thioether (sulfide) groups is 1. The van der Waals surface area contributed by atoms with E-state index in [1.165, 1.54) is 88.2 Å². The summed E-state index contributed by atoms with van der Waals surface area (Å²) in [6, 6.07) is 0. The van der Waals surface area contributed by atoms with E-state index in [2.05, 4.69) is 118 Å². The predicted octanol–water partition coefficient (Wildman–Crippen LogP) is 8.85. The molecule has 36 heavy (non-hydrogen) atoms. The van der Waals surface area contributed by atoms with Gasteiger partial charge in [0, 0.05) is 36.1 Å². The molecule has 2 aromatic carbocycles. The molecule has 192 valence electrons. The minimum absolute atomic E-state index is 0.960. The molecular weight excluding hydrogens is 456 g/mol. The molecular formula is C33H46N2S+2. The molecule has 0 amide bonds. The lowest BCUT2D eigenvalue weighted by molar-refractivity contribution is -0.405. The van der Waals surface area contributed by atoms with Crippen LogP contribution in [-0.4, -0.2) is 34.7 Å². The van der Waals surface area contributed by atoms with E-state index < -0.39 is 0 Å². The molecule has 2 aromatic rings. The van der Waals surface area contributed by atoms with Crippen LogP contribution in [0.1, 0.15) is 75.9 Å². The molecule has 0 saturated carbocycles. The van der Waals surface area contributed by atoms with Crippen LogP contribution < -0.4 is 0 Å². The van der Waals surface area contributed by atoms with Gasteiger partial charge in [-0.3, -0.25) is 0 Å². The summed E-state index contributed by atoms with van der Waals surface area (Å²) >= 11 is 1.91. The molecule has 3 rings (SSSR count). The van der Waals surface area contributed by atoms with Crippen molar-refractivity contribution in [1.82, 2.24) is 0 Å². The molecule has 1 aliphatic rings. The highest BCUT2D eigenvalue weighted by Gasteiger charge is 2.27. The molecule has 0 saturated heterocycles. The first-order valence-electron chi connectivity index (χ1n) is 13.1. The fourth-order valence-electron chi connectivity index (χ4n) is 5.55. The average molecular weight is 503 g/mol. The Labute approximate surface area is 224 Å². The van der Waals surface area contributed by atoms with Crippen molar-refractivity contribution in [2.45, 2.75) is 89.5 Å². The van der Waals surface area contributed by atoms with Crippen LogP contribution in [0.2, 0.25) is 0 Å². The van der Waals surface area contributed by atoms with E-state index in [0.29, 0.717) is 0 Å². The second-order valence-corrected chi connectivity index (χ2v) is 11.8. The van der Waals surface area contributed by atoms with E-state index in [-0.39, 0.29) is 0 Å². The molecule has 0 atom stereocenters. The van der Waals surface area contributed by atoms with Crippen LogP contribution in [-0.2, 0) is 0 Å². The Bertz CT molecular complexity index is 1230. The van der Waals surface area contributed by atoms with Crippen LogP contribution in [0.15, 0.2) is 22.0 Å². The lowest BCUT2D eigenvalue weighted by atomic mass is 9.92. The highest BCUT2D eigenvalue weighted by Crippen LogP contribution is 2.37. The first-order valence-corrected chi connectivity index (χ1v) is 13.9. The Hall–Kier alpha value is -2.39. The van der Waals surface area contributed by atoms with Gasteiger partial charge in [0.15, 0.2) is 11.4 Å². The van der Waals surface area contributed by atoms with Gasteiger partial charge in [-0.05, 0) is 109 Å². The van der Waals surface area contributed by atoms with Crippen LogP contribution in [0.25, 0.3) is 0 Å². The molecule has 0 spiro atoms. The molecule has 0 bridgehead atoms. The van der Waals surface area contributed by atoms with Gasteiger partial charge in [-0.15, -0.1) is 0 Å². The van der Waals surface area contributed by atoms with Gasteiger partial charge >= 0.3 is 0 Å². The van der Waals surface area contributed by atoms with Gasteiger partial charge in [0.05, 0.1) is 9.81 Å². The van der Waals surface area contributed by atoms with Crippen molar-refractivity contribution in [1.29, 1.82) is 0 Å². The van der Waals surface area contributed by atoms with Crippen molar-refractivity contribution in [2.24, 2.45) is 0 Å². The van der Waals surface area contributed by atoms with Crippen molar-refractivity contribution in [3.05, 3.63) is 77.6 Å². The van der Waals surface area contributed by atoms with Gasteiger partial charge in [0.1, 0.15) is 14.1 Å². The average Bonchev–Trinajstić information content (AvgIpc) is 2.87.